The third kappa shape index (κ3) is 5.48. The van der Waals surface area contributed by atoms with Crippen LogP contribution >= 0.6 is 15.9 Å². The Hall–Kier alpha value is -3.06. The first-order chi connectivity index (χ1) is 14.0. The van der Waals surface area contributed by atoms with Crippen molar-refractivity contribution in [2.24, 2.45) is 0 Å². The first-order valence-corrected chi connectivity index (χ1v) is 9.84. The molecule has 0 saturated heterocycles. The Morgan fingerprint density at radius 2 is 1.90 bits per heavy atom. The minimum Gasteiger partial charge on any atom is -0.496 e. The van der Waals surface area contributed by atoms with Gasteiger partial charge in [-0.25, -0.2) is 0 Å². The van der Waals surface area contributed by atoms with Gasteiger partial charge in [0.1, 0.15) is 5.75 Å². The number of hydrogen-bond donors (Lipinski definition) is 2. The van der Waals surface area contributed by atoms with Crippen LogP contribution in [0.5, 0.6) is 5.75 Å². The maximum atomic E-state index is 12.5. The molecule has 6 nitrogen and oxygen atoms in total. The van der Waals surface area contributed by atoms with Gasteiger partial charge in [0, 0.05) is 17.8 Å². The molecule has 2 aromatic carbocycles. The van der Waals surface area contributed by atoms with E-state index in [9.17, 15) is 9.59 Å². The SMILES string of the molecule is COc1ccc(C)cc1CCNC(=O)c1cccc(NC(=O)c2ccc(Br)o2)c1. The number of nitrogens with one attached hydrogen (secondary N) is 2. The van der Waals surface area contributed by atoms with E-state index in [0.29, 0.717) is 28.9 Å². The number of carbonyl (C=O) groups excluding carboxylic acids is 2. The maximum Gasteiger partial charge on any atom is 0.291 e. The summed E-state index contributed by atoms with van der Waals surface area (Å²) in [5, 5.41) is 5.62. The van der Waals surface area contributed by atoms with Crippen LogP contribution in [0.15, 0.2) is 63.7 Å². The zero-order valence-corrected chi connectivity index (χ0v) is 17.7. The quantitative estimate of drug-likeness (QED) is 0.544. The number of anilines is 1. The molecule has 0 saturated carbocycles. The number of amides is 2. The monoisotopic (exact) mass is 456 g/mol. The highest BCUT2D eigenvalue weighted by Crippen LogP contribution is 2.20. The fourth-order valence-corrected chi connectivity index (χ4v) is 3.19. The molecule has 0 bridgehead atoms. The molecule has 1 heterocycles. The zero-order valence-electron chi connectivity index (χ0n) is 16.1. The highest BCUT2D eigenvalue weighted by atomic mass is 79.9. The van der Waals surface area contributed by atoms with E-state index >= 15 is 0 Å². The van der Waals surface area contributed by atoms with Crippen LogP contribution in [0.25, 0.3) is 0 Å². The summed E-state index contributed by atoms with van der Waals surface area (Å²) < 4.78 is 11.1. The van der Waals surface area contributed by atoms with Gasteiger partial charge >= 0.3 is 0 Å². The Bertz CT molecular complexity index is 1030. The number of halogens is 1. The van der Waals surface area contributed by atoms with Crippen molar-refractivity contribution in [1.29, 1.82) is 0 Å². The number of aryl methyl sites for hydroxylation is 1. The van der Waals surface area contributed by atoms with E-state index in [4.69, 9.17) is 9.15 Å². The molecule has 150 valence electrons. The Morgan fingerprint density at radius 3 is 2.62 bits per heavy atom. The Morgan fingerprint density at radius 1 is 1.07 bits per heavy atom. The summed E-state index contributed by atoms with van der Waals surface area (Å²) in [5.41, 5.74) is 3.15. The first kappa shape index (κ1) is 20.7. The molecule has 0 fully saturated rings. The number of hydrogen-bond acceptors (Lipinski definition) is 4. The van der Waals surface area contributed by atoms with Gasteiger partial charge in [0.25, 0.3) is 11.8 Å². The summed E-state index contributed by atoms with van der Waals surface area (Å²) in [5.74, 6) is 0.381. The fourth-order valence-electron chi connectivity index (χ4n) is 2.88. The summed E-state index contributed by atoms with van der Waals surface area (Å²) in [7, 11) is 1.63. The first-order valence-electron chi connectivity index (χ1n) is 9.05. The molecule has 0 aliphatic carbocycles. The number of methoxy groups -OCH3 is 1. The van der Waals surface area contributed by atoms with E-state index in [1.165, 1.54) is 0 Å². The largest absolute Gasteiger partial charge is 0.496 e. The van der Waals surface area contributed by atoms with Gasteiger partial charge in [-0.1, -0.05) is 23.8 Å². The molecule has 29 heavy (non-hydrogen) atoms. The van der Waals surface area contributed by atoms with Crippen LogP contribution in [0, 0.1) is 6.92 Å². The third-order valence-electron chi connectivity index (χ3n) is 4.30. The van der Waals surface area contributed by atoms with E-state index in [1.807, 2.05) is 25.1 Å². The molecule has 0 aliphatic rings. The van der Waals surface area contributed by atoms with Crippen molar-refractivity contribution in [2.45, 2.75) is 13.3 Å². The average Bonchev–Trinajstić information content (AvgIpc) is 3.15. The van der Waals surface area contributed by atoms with Crippen molar-refractivity contribution in [3.05, 3.63) is 81.7 Å². The van der Waals surface area contributed by atoms with Crippen LogP contribution in [0.3, 0.4) is 0 Å². The van der Waals surface area contributed by atoms with Crippen LogP contribution in [0.4, 0.5) is 5.69 Å². The van der Waals surface area contributed by atoms with Crippen molar-refractivity contribution >= 4 is 33.4 Å². The normalized spacial score (nSPS) is 10.4. The summed E-state index contributed by atoms with van der Waals surface area (Å²) in [6, 6.07) is 15.9. The van der Waals surface area contributed by atoms with Crippen molar-refractivity contribution < 1.29 is 18.7 Å². The number of rotatable bonds is 7. The van der Waals surface area contributed by atoms with E-state index in [1.54, 1.807) is 43.5 Å². The molecule has 0 aliphatic heterocycles. The lowest BCUT2D eigenvalue weighted by molar-refractivity contribution is 0.0952. The van der Waals surface area contributed by atoms with Gasteiger partial charge in [-0.15, -0.1) is 0 Å². The molecule has 0 atom stereocenters. The molecule has 7 heteroatoms. The second-order valence-electron chi connectivity index (χ2n) is 6.46. The van der Waals surface area contributed by atoms with Gasteiger partial charge in [-0.3, -0.25) is 9.59 Å². The Balaban J connectivity index is 1.59. The second-order valence-corrected chi connectivity index (χ2v) is 7.24. The van der Waals surface area contributed by atoms with E-state index < -0.39 is 0 Å². The molecule has 1 aromatic heterocycles. The van der Waals surface area contributed by atoms with Gasteiger partial charge in [-0.05, 0) is 71.2 Å². The zero-order chi connectivity index (χ0) is 20.8. The second kappa shape index (κ2) is 9.43. The van der Waals surface area contributed by atoms with E-state index in [0.717, 1.165) is 16.9 Å². The van der Waals surface area contributed by atoms with Crippen LogP contribution < -0.4 is 15.4 Å². The van der Waals surface area contributed by atoms with Crippen LogP contribution in [-0.2, 0) is 6.42 Å². The average molecular weight is 457 g/mol. The smallest absolute Gasteiger partial charge is 0.291 e. The molecule has 3 aromatic rings. The number of furan rings is 1. The van der Waals surface area contributed by atoms with Crippen molar-refractivity contribution in [3.63, 3.8) is 0 Å². The predicted octanol–water partition coefficient (Wildman–Crippen LogP) is 4.58. The maximum absolute atomic E-state index is 12.5. The van der Waals surface area contributed by atoms with Crippen LogP contribution in [0.2, 0.25) is 0 Å². The summed E-state index contributed by atoms with van der Waals surface area (Å²) in [4.78, 5) is 24.7. The van der Waals surface area contributed by atoms with Crippen molar-refractivity contribution in [3.8, 4) is 5.75 Å². The lowest BCUT2D eigenvalue weighted by Crippen LogP contribution is -2.26. The van der Waals surface area contributed by atoms with Crippen molar-refractivity contribution in [1.82, 2.24) is 5.32 Å². The molecular formula is C22H21BrN2O4. The highest BCUT2D eigenvalue weighted by Gasteiger charge is 2.12. The van der Waals surface area contributed by atoms with Gasteiger partial charge in [0.15, 0.2) is 10.4 Å². The van der Waals surface area contributed by atoms with E-state index in [-0.39, 0.29) is 17.6 Å². The minimum atomic E-state index is -0.389. The van der Waals surface area contributed by atoms with Gasteiger partial charge < -0.3 is 19.8 Å². The third-order valence-corrected chi connectivity index (χ3v) is 4.72. The molecular weight excluding hydrogens is 436 g/mol. The number of benzene rings is 2. The van der Waals surface area contributed by atoms with Gasteiger partial charge in [0.2, 0.25) is 0 Å². The summed E-state index contributed by atoms with van der Waals surface area (Å²) in [6.07, 6.45) is 0.653. The topological polar surface area (TPSA) is 80.6 Å². The summed E-state index contributed by atoms with van der Waals surface area (Å²) >= 11 is 3.16. The lowest BCUT2D eigenvalue weighted by atomic mass is 10.1. The van der Waals surface area contributed by atoms with Crippen molar-refractivity contribution in [2.75, 3.05) is 19.0 Å². The molecule has 3 rings (SSSR count). The summed E-state index contributed by atoms with van der Waals surface area (Å²) in [6.45, 7) is 2.48. The van der Waals surface area contributed by atoms with Crippen LogP contribution in [0.1, 0.15) is 32.0 Å². The standard InChI is InChI=1S/C22H21BrN2O4/c1-14-6-7-18(28-2)15(12-14)10-11-24-21(26)16-4-3-5-17(13-16)25-22(27)19-8-9-20(23)29-19/h3-9,12-13H,10-11H2,1-2H3,(H,24,26)(H,25,27). The Kier molecular flexibility index (Phi) is 6.72. The molecule has 2 amide bonds. The highest BCUT2D eigenvalue weighted by molar-refractivity contribution is 9.10. The molecule has 0 radical (unpaired) electrons. The molecule has 2 N–H and O–H groups in total. The number of ether oxygens (including phenoxy) is 1. The molecule has 0 unspecified atom stereocenters. The van der Waals surface area contributed by atoms with Crippen LogP contribution in [-0.4, -0.2) is 25.5 Å². The number of carbonyl (C=O) groups is 2. The molecule has 0 spiro atoms. The minimum absolute atomic E-state index is 0.179. The van der Waals surface area contributed by atoms with E-state index in [2.05, 4.69) is 26.6 Å². The fraction of sp³-hybridized carbons (Fsp3) is 0.182. The lowest BCUT2D eigenvalue weighted by Gasteiger charge is -2.11. The predicted molar refractivity (Wildman–Crippen MR) is 115 cm³/mol. The Labute approximate surface area is 177 Å². The van der Waals surface area contributed by atoms with Gasteiger partial charge in [0.05, 0.1) is 7.11 Å². The van der Waals surface area contributed by atoms with Gasteiger partial charge in [-0.2, -0.15) is 0 Å².